The number of nitrogens with zero attached hydrogens (tertiary/aromatic N) is 2. The van der Waals surface area contributed by atoms with E-state index >= 15 is 0 Å². The summed E-state index contributed by atoms with van der Waals surface area (Å²) in [6.07, 6.45) is 5.48. The molecule has 1 rings (SSSR count). The van der Waals surface area contributed by atoms with Crippen LogP contribution in [0.1, 0.15) is 46.0 Å². The van der Waals surface area contributed by atoms with Gasteiger partial charge in [0.1, 0.15) is 0 Å². The number of hydrogen-bond donors (Lipinski definition) is 1. The predicted octanol–water partition coefficient (Wildman–Crippen LogP) is 1.95. The Morgan fingerprint density at radius 1 is 1.41 bits per heavy atom. The standard InChI is InChI=1S/C14H30N2O/c1-5-8-14(17)13(6-2)16(4)11-12-9-7-10-15(12)3/h12-14,17H,5-11H2,1-4H3. The van der Waals surface area contributed by atoms with E-state index in [2.05, 4.69) is 37.7 Å². The number of likely N-dealkylation sites (tertiary alicyclic amines) is 1. The molecule has 0 aliphatic carbocycles. The van der Waals surface area contributed by atoms with E-state index < -0.39 is 0 Å². The molecule has 1 N–H and O–H groups in total. The molecule has 1 saturated heterocycles. The first-order valence-corrected chi connectivity index (χ1v) is 7.18. The first kappa shape index (κ1) is 14.9. The molecule has 0 amide bonds. The lowest BCUT2D eigenvalue weighted by Gasteiger charge is -2.34. The van der Waals surface area contributed by atoms with Crippen LogP contribution < -0.4 is 0 Å². The minimum Gasteiger partial charge on any atom is -0.391 e. The van der Waals surface area contributed by atoms with Crippen LogP contribution in [0.25, 0.3) is 0 Å². The molecule has 1 aliphatic heterocycles. The van der Waals surface area contributed by atoms with E-state index in [1.165, 1.54) is 19.4 Å². The molecule has 0 spiro atoms. The molecule has 0 radical (unpaired) electrons. The van der Waals surface area contributed by atoms with E-state index in [1.54, 1.807) is 0 Å². The van der Waals surface area contributed by atoms with Crippen molar-refractivity contribution in [3.05, 3.63) is 0 Å². The fourth-order valence-electron chi connectivity index (χ4n) is 3.04. The van der Waals surface area contributed by atoms with Gasteiger partial charge in [-0.2, -0.15) is 0 Å². The summed E-state index contributed by atoms with van der Waals surface area (Å²) in [5, 5.41) is 10.2. The minimum atomic E-state index is -0.165. The van der Waals surface area contributed by atoms with Gasteiger partial charge < -0.3 is 10.0 Å². The molecule has 3 atom stereocenters. The van der Waals surface area contributed by atoms with Crippen molar-refractivity contribution >= 4 is 0 Å². The third-order valence-corrected chi connectivity index (χ3v) is 4.18. The van der Waals surface area contributed by atoms with Crippen LogP contribution in [-0.4, -0.2) is 60.3 Å². The van der Waals surface area contributed by atoms with Crippen LogP contribution >= 0.6 is 0 Å². The zero-order chi connectivity index (χ0) is 12.8. The largest absolute Gasteiger partial charge is 0.391 e. The maximum atomic E-state index is 10.2. The Balaban J connectivity index is 2.45. The Labute approximate surface area is 107 Å². The summed E-state index contributed by atoms with van der Waals surface area (Å²) in [7, 11) is 4.38. The molecule has 1 fully saturated rings. The van der Waals surface area contributed by atoms with Crippen LogP contribution in [0.5, 0.6) is 0 Å². The molecule has 17 heavy (non-hydrogen) atoms. The Morgan fingerprint density at radius 3 is 2.59 bits per heavy atom. The van der Waals surface area contributed by atoms with E-state index in [0.29, 0.717) is 12.1 Å². The fraction of sp³-hybridized carbons (Fsp3) is 1.00. The summed E-state index contributed by atoms with van der Waals surface area (Å²) >= 11 is 0. The van der Waals surface area contributed by atoms with Crippen molar-refractivity contribution < 1.29 is 5.11 Å². The Morgan fingerprint density at radius 2 is 2.12 bits per heavy atom. The zero-order valence-corrected chi connectivity index (χ0v) is 12.0. The molecule has 3 heteroatoms. The Kier molecular flexibility index (Phi) is 6.45. The topological polar surface area (TPSA) is 26.7 Å². The molecule has 0 aromatic rings. The van der Waals surface area contributed by atoms with Crippen molar-refractivity contribution in [1.29, 1.82) is 0 Å². The van der Waals surface area contributed by atoms with Gasteiger partial charge in [-0.15, -0.1) is 0 Å². The number of hydrogen-bond acceptors (Lipinski definition) is 3. The van der Waals surface area contributed by atoms with Gasteiger partial charge in [0.05, 0.1) is 6.10 Å². The highest BCUT2D eigenvalue weighted by Crippen LogP contribution is 2.19. The zero-order valence-electron chi connectivity index (χ0n) is 12.0. The van der Waals surface area contributed by atoms with Gasteiger partial charge in [-0.25, -0.2) is 0 Å². The van der Waals surface area contributed by atoms with Crippen LogP contribution in [0.15, 0.2) is 0 Å². The van der Waals surface area contributed by atoms with Gasteiger partial charge >= 0.3 is 0 Å². The second kappa shape index (κ2) is 7.34. The average molecular weight is 242 g/mol. The van der Waals surface area contributed by atoms with Crippen LogP contribution in [0.4, 0.5) is 0 Å². The molecule has 0 aromatic heterocycles. The number of aliphatic hydroxyl groups is 1. The second-order valence-electron chi connectivity index (χ2n) is 5.55. The van der Waals surface area contributed by atoms with Crippen molar-refractivity contribution in [1.82, 2.24) is 9.80 Å². The van der Waals surface area contributed by atoms with E-state index in [-0.39, 0.29) is 6.10 Å². The summed E-state index contributed by atoms with van der Waals surface area (Å²) in [4.78, 5) is 4.82. The van der Waals surface area contributed by atoms with Crippen molar-refractivity contribution in [2.75, 3.05) is 27.2 Å². The van der Waals surface area contributed by atoms with E-state index in [1.807, 2.05) is 0 Å². The Hall–Kier alpha value is -0.120. The van der Waals surface area contributed by atoms with Gasteiger partial charge in [0.25, 0.3) is 0 Å². The van der Waals surface area contributed by atoms with Crippen molar-refractivity contribution in [2.24, 2.45) is 0 Å². The van der Waals surface area contributed by atoms with E-state index in [4.69, 9.17) is 0 Å². The number of likely N-dealkylation sites (N-methyl/N-ethyl adjacent to an activating group) is 2. The first-order valence-electron chi connectivity index (χ1n) is 7.18. The third-order valence-electron chi connectivity index (χ3n) is 4.18. The third kappa shape index (κ3) is 4.23. The highest BCUT2D eigenvalue weighted by atomic mass is 16.3. The van der Waals surface area contributed by atoms with Gasteiger partial charge in [0.2, 0.25) is 0 Å². The molecule has 0 aromatic carbocycles. The molecule has 3 nitrogen and oxygen atoms in total. The fourth-order valence-corrected chi connectivity index (χ4v) is 3.04. The lowest BCUT2D eigenvalue weighted by Crippen LogP contribution is -2.46. The molecule has 1 aliphatic rings. The molecular formula is C14H30N2O. The summed E-state index contributed by atoms with van der Waals surface area (Å²) < 4.78 is 0. The normalized spacial score (nSPS) is 25.4. The Bertz CT molecular complexity index is 210. The quantitative estimate of drug-likeness (QED) is 0.739. The molecule has 1 heterocycles. The average Bonchev–Trinajstić information content (AvgIpc) is 2.66. The van der Waals surface area contributed by atoms with Crippen molar-refractivity contribution in [3.63, 3.8) is 0 Å². The van der Waals surface area contributed by atoms with Crippen molar-refractivity contribution in [3.8, 4) is 0 Å². The van der Waals surface area contributed by atoms with Gasteiger partial charge in [-0.05, 0) is 46.3 Å². The van der Waals surface area contributed by atoms with Crippen LogP contribution in [0, 0.1) is 0 Å². The smallest absolute Gasteiger partial charge is 0.0695 e. The van der Waals surface area contributed by atoms with Gasteiger partial charge in [-0.3, -0.25) is 4.90 Å². The summed E-state index contributed by atoms with van der Waals surface area (Å²) in [6, 6.07) is 1.01. The highest BCUT2D eigenvalue weighted by Gasteiger charge is 2.27. The van der Waals surface area contributed by atoms with Crippen LogP contribution in [0.2, 0.25) is 0 Å². The lowest BCUT2D eigenvalue weighted by molar-refractivity contribution is 0.0441. The predicted molar refractivity (Wildman–Crippen MR) is 73.3 cm³/mol. The first-order chi connectivity index (χ1) is 8.10. The van der Waals surface area contributed by atoms with E-state index in [9.17, 15) is 5.11 Å². The number of aliphatic hydroxyl groups excluding tert-OH is 1. The van der Waals surface area contributed by atoms with E-state index in [0.717, 1.165) is 25.8 Å². The van der Waals surface area contributed by atoms with Crippen LogP contribution in [-0.2, 0) is 0 Å². The highest BCUT2D eigenvalue weighted by molar-refractivity contribution is 4.83. The monoisotopic (exact) mass is 242 g/mol. The van der Waals surface area contributed by atoms with Gasteiger partial charge in [0.15, 0.2) is 0 Å². The van der Waals surface area contributed by atoms with Gasteiger partial charge in [0, 0.05) is 18.6 Å². The molecule has 0 bridgehead atoms. The molecule has 102 valence electrons. The summed E-state index contributed by atoms with van der Waals surface area (Å²) in [5.41, 5.74) is 0. The number of rotatable bonds is 7. The summed E-state index contributed by atoms with van der Waals surface area (Å²) in [5.74, 6) is 0. The lowest BCUT2D eigenvalue weighted by atomic mass is 10.0. The molecule has 3 unspecified atom stereocenters. The van der Waals surface area contributed by atoms with Crippen molar-refractivity contribution in [2.45, 2.75) is 64.1 Å². The maximum absolute atomic E-state index is 10.2. The minimum absolute atomic E-state index is 0.165. The SMILES string of the molecule is CCCC(O)C(CC)N(C)CC1CCCN1C. The van der Waals surface area contributed by atoms with Crippen LogP contribution in [0.3, 0.4) is 0 Å². The maximum Gasteiger partial charge on any atom is 0.0695 e. The molecular weight excluding hydrogens is 212 g/mol. The second-order valence-corrected chi connectivity index (χ2v) is 5.55. The molecule has 0 saturated carbocycles. The summed E-state index contributed by atoms with van der Waals surface area (Å²) in [6.45, 7) is 6.64. The van der Waals surface area contributed by atoms with Gasteiger partial charge in [-0.1, -0.05) is 20.3 Å².